The molecule has 2 unspecified atom stereocenters. The molecule has 0 aliphatic heterocycles. The number of alkyl halides is 3. The largest absolute Gasteiger partial charge is 0.471 e. The van der Waals surface area contributed by atoms with E-state index in [0.717, 1.165) is 0 Å². The lowest BCUT2D eigenvalue weighted by molar-refractivity contribution is -0.140. The molecule has 1 fully saturated rings. The molecule has 1 heterocycles. The van der Waals surface area contributed by atoms with Gasteiger partial charge in [-0.1, -0.05) is 0 Å². The molecule has 1 aliphatic rings. The minimum atomic E-state index is -4.72. The first-order valence-corrected chi connectivity index (χ1v) is 10.2. The molecule has 12 heteroatoms. The van der Waals surface area contributed by atoms with Crippen LogP contribution in [0.5, 0.6) is 5.88 Å². The van der Waals surface area contributed by atoms with Gasteiger partial charge in [-0.05, 0) is 50.6 Å². The first-order chi connectivity index (χ1) is 13.6. The number of benzene rings is 1. The number of aliphatic hydroxyl groups is 1. The Bertz CT molecular complexity index is 968. The lowest BCUT2D eigenvalue weighted by Crippen LogP contribution is -2.27. The van der Waals surface area contributed by atoms with Crippen LogP contribution in [0.25, 0.3) is 0 Å². The van der Waals surface area contributed by atoms with Crippen molar-refractivity contribution in [2.24, 2.45) is 0 Å². The van der Waals surface area contributed by atoms with Crippen LogP contribution in [0.15, 0.2) is 35.4 Å². The van der Waals surface area contributed by atoms with E-state index >= 15 is 0 Å². The van der Waals surface area contributed by atoms with Gasteiger partial charge in [-0.15, -0.1) is 0 Å². The Balaban J connectivity index is 1.85. The van der Waals surface area contributed by atoms with E-state index in [4.69, 9.17) is 4.74 Å². The highest BCUT2D eigenvalue weighted by Crippen LogP contribution is 2.37. The van der Waals surface area contributed by atoms with Crippen molar-refractivity contribution >= 4 is 21.7 Å². The third kappa shape index (κ3) is 4.95. The Hall–Kier alpha value is -2.44. The third-order valence-corrected chi connectivity index (χ3v) is 5.86. The number of aliphatic hydroxyl groups excluding tert-OH is 1. The molecule has 3 rings (SSSR count). The number of anilines is 2. The van der Waals surface area contributed by atoms with Gasteiger partial charge in [-0.2, -0.15) is 18.2 Å². The summed E-state index contributed by atoms with van der Waals surface area (Å²) >= 11 is 0. The molecule has 2 atom stereocenters. The quantitative estimate of drug-likeness (QED) is 0.643. The molecule has 0 bridgehead atoms. The van der Waals surface area contributed by atoms with Crippen LogP contribution in [0.4, 0.5) is 24.8 Å². The zero-order valence-corrected chi connectivity index (χ0v) is 16.1. The van der Waals surface area contributed by atoms with Crippen molar-refractivity contribution in [2.45, 2.75) is 42.5 Å². The van der Waals surface area contributed by atoms with E-state index in [0.29, 0.717) is 31.1 Å². The first kappa shape index (κ1) is 21.3. The maximum Gasteiger partial charge on any atom is 0.423 e. The van der Waals surface area contributed by atoms with E-state index in [9.17, 15) is 26.7 Å². The summed E-state index contributed by atoms with van der Waals surface area (Å²) in [5.41, 5.74) is -0.774. The second-order valence-electron chi connectivity index (χ2n) is 6.42. The highest BCUT2D eigenvalue weighted by Gasteiger charge is 2.38. The van der Waals surface area contributed by atoms with Crippen LogP contribution >= 0.6 is 0 Å². The lowest BCUT2D eigenvalue weighted by atomic mass is 10.2. The third-order valence-electron chi connectivity index (χ3n) is 4.43. The number of rotatable bonds is 6. The van der Waals surface area contributed by atoms with Gasteiger partial charge in [-0.25, -0.2) is 18.1 Å². The smallest absolute Gasteiger partial charge is 0.423 e. The summed E-state index contributed by atoms with van der Waals surface area (Å²) < 4.78 is 70.8. The number of halogens is 3. The maximum atomic E-state index is 13.3. The van der Waals surface area contributed by atoms with Crippen molar-refractivity contribution < 1.29 is 31.4 Å². The van der Waals surface area contributed by atoms with Crippen molar-refractivity contribution in [3.63, 3.8) is 0 Å². The summed E-state index contributed by atoms with van der Waals surface area (Å²) in [6, 6.07) is 5.49. The predicted molar refractivity (Wildman–Crippen MR) is 97.3 cm³/mol. The van der Waals surface area contributed by atoms with Crippen LogP contribution in [0.1, 0.15) is 24.8 Å². The van der Waals surface area contributed by atoms with Gasteiger partial charge in [0.15, 0.2) is 0 Å². The highest BCUT2D eigenvalue weighted by atomic mass is 32.2. The molecule has 2 aromatic rings. The number of ether oxygens (including phenoxy) is 1. The van der Waals surface area contributed by atoms with Gasteiger partial charge < -0.3 is 15.2 Å². The second kappa shape index (κ2) is 8.13. The average molecular weight is 432 g/mol. The monoisotopic (exact) mass is 432 g/mol. The molecule has 0 spiro atoms. The zero-order chi connectivity index (χ0) is 21.2. The Morgan fingerprint density at radius 3 is 2.45 bits per heavy atom. The van der Waals surface area contributed by atoms with Crippen LogP contribution in [0.3, 0.4) is 0 Å². The molecule has 1 aromatic heterocycles. The van der Waals surface area contributed by atoms with Gasteiger partial charge >= 0.3 is 6.18 Å². The van der Waals surface area contributed by atoms with Crippen LogP contribution < -0.4 is 14.8 Å². The topological polar surface area (TPSA) is 113 Å². The molecule has 1 aromatic carbocycles. The summed E-state index contributed by atoms with van der Waals surface area (Å²) in [6.07, 6.45) is -4.23. The maximum absolute atomic E-state index is 13.3. The Morgan fingerprint density at radius 1 is 1.21 bits per heavy atom. The van der Waals surface area contributed by atoms with Gasteiger partial charge in [-0.3, -0.25) is 0 Å². The van der Waals surface area contributed by atoms with Crippen molar-refractivity contribution in [1.29, 1.82) is 0 Å². The van der Waals surface area contributed by atoms with Gasteiger partial charge in [0.1, 0.15) is 11.7 Å². The first-order valence-electron chi connectivity index (χ1n) is 8.70. The standard InChI is InChI=1S/C17H19F3N4O4S/c1-21-29(26,27)11-7-5-10(6-8-11)23-16-22-9-12(17(18,19)20)15(24-16)28-14-4-2-3-13(14)25/h5-9,13-14,21,25H,2-4H2,1H3,(H,22,23,24). The fourth-order valence-corrected chi connectivity index (χ4v) is 3.59. The van der Waals surface area contributed by atoms with E-state index in [2.05, 4.69) is 20.0 Å². The summed E-state index contributed by atoms with van der Waals surface area (Å²) in [5.74, 6) is -0.833. The number of hydrogen-bond donors (Lipinski definition) is 3. The fraction of sp³-hybridized carbons (Fsp3) is 0.412. The van der Waals surface area contributed by atoms with Crippen LogP contribution in [0, 0.1) is 0 Å². The van der Waals surface area contributed by atoms with Crippen LogP contribution in [0.2, 0.25) is 0 Å². The summed E-state index contributed by atoms with van der Waals surface area (Å²) in [6.45, 7) is 0. The van der Waals surface area contributed by atoms with E-state index in [-0.39, 0.29) is 10.8 Å². The van der Waals surface area contributed by atoms with E-state index in [1.54, 1.807) is 0 Å². The molecule has 0 amide bonds. The Morgan fingerprint density at radius 2 is 1.90 bits per heavy atom. The molecule has 3 N–H and O–H groups in total. The predicted octanol–water partition coefficient (Wildman–Crippen LogP) is 2.44. The van der Waals surface area contributed by atoms with Gasteiger partial charge in [0.05, 0.1) is 11.0 Å². The number of sulfonamides is 1. The normalized spacial score (nSPS) is 19.9. The van der Waals surface area contributed by atoms with Crippen molar-refractivity contribution in [1.82, 2.24) is 14.7 Å². The molecule has 0 saturated heterocycles. The van der Waals surface area contributed by atoms with E-state index in [1.165, 1.54) is 31.3 Å². The average Bonchev–Trinajstić information content (AvgIpc) is 3.06. The lowest BCUT2D eigenvalue weighted by Gasteiger charge is -2.19. The van der Waals surface area contributed by atoms with E-state index in [1.807, 2.05) is 0 Å². The minimum absolute atomic E-state index is 0.0260. The molecule has 1 aliphatic carbocycles. The SMILES string of the molecule is CNS(=O)(=O)c1ccc(Nc2ncc(C(F)(F)F)c(OC3CCCC3O)n2)cc1. The number of aromatic nitrogens is 2. The second-order valence-corrected chi connectivity index (χ2v) is 8.31. The summed E-state index contributed by atoms with van der Waals surface area (Å²) in [7, 11) is -2.33. The van der Waals surface area contributed by atoms with E-state index < -0.39 is 39.9 Å². The van der Waals surface area contributed by atoms with Gasteiger partial charge in [0.25, 0.3) is 0 Å². The molecular weight excluding hydrogens is 413 g/mol. The van der Waals surface area contributed by atoms with Crippen LogP contribution in [-0.2, 0) is 16.2 Å². The van der Waals surface area contributed by atoms with Gasteiger partial charge in [0.2, 0.25) is 21.9 Å². The summed E-state index contributed by atoms with van der Waals surface area (Å²) in [4.78, 5) is 7.51. The molecule has 29 heavy (non-hydrogen) atoms. The minimum Gasteiger partial charge on any atom is -0.471 e. The molecular formula is C17H19F3N4O4S. The number of nitrogens with zero attached hydrogens (tertiary/aromatic N) is 2. The molecule has 1 saturated carbocycles. The molecule has 158 valence electrons. The van der Waals surface area contributed by atoms with Crippen LogP contribution in [-0.4, -0.2) is 42.7 Å². The van der Waals surface area contributed by atoms with Crippen molar-refractivity contribution in [3.05, 3.63) is 36.0 Å². The van der Waals surface area contributed by atoms with Gasteiger partial charge in [0, 0.05) is 11.9 Å². The van der Waals surface area contributed by atoms with Crippen molar-refractivity contribution in [3.8, 4) is 5.88 Å². The number of nitrogens with one attached hydrogen (secondary N) is 2. The summed E-state index contributed by atoms with van der Waals surface area (Å²) in [5, 5.41) is 12.5. The number of hydrogen-bond acceptors (Lipinski definition) is 7. The molecule has 8 nitrogen and oxygen atoms in total. The highest BCUT2D eigenvalue weighted by molar-refractivity contribution is 7.89. The van der Waals surface area contributed by atoms with Crippen molar-refractivity contribution in [2.75, 3.05) is 12.4 Å². The molecule has 0 radical (unpaired) electrons. The Kier molecular flexibility index (Phi) is 5.96. The fourth-order valence-electron chi connectivity index (χ4n) is 2.86. The Labute approximate surface area is 165 Å². The zero-order valence-electron chi connectivity index (χ0n) is 15.3.